The second kappa shape index (κ2) is 6.81. The number of hydrogen-bond acceptors (Lipinski definition) is 2. The first-order chi connectivity index (χ1) is 6.95. The van der Waals surface area contributed by atoms with Gasteiger partial charge in [-0.3, -0.25) is 0 Å². The monoisotopic (exact) mass is 212 g/mol. The van der Waals surface area contributed by atoms with Gasteiger partial charge in [-0.1, -0.05) is 33.4 Å². The summed E-state index contributed by atoms with van der Waals surface area (Å²) in [6, 6.07) is 0. The highest BCUT2D eigenvalue weighted by Crippen LogP contribution is 2.33. The van der Waals surface area contributed by atoms with Crippen LogP contribution in [0.4, 0.5) is 0 Å². The molecule has 0 aromatic rings. The molecule has 88 valence electrons. The van der Waals surface area contributed by atoms with Gasteiger partial charge >= 0.3 is 0 Å². The highest BCUT2D eigenvalue weighted by atomic mass is 16.5. The standard InChI is InChI=1S/C13H24O2/c1-6-13(4,5)12(3)11(2)7-9-15-10-8-14/h7,14H,3,6,8-10H2,1-2,4-5H3/b11-7-. The lowest BCUT2D eigenvalue weighted by Crippen LogP contribution is -2.13. The molecule has 0 aromatic heterocycles. The fourth-order valence-electron chi connectivity index (χ4n) is 1.20. The van der Waals surface area contributed by atoms with Crippen LogP contribution in [-0.2, 0) is 4.74 Å². The van der Waals surface area contributed by atoms with Crippen LogP contribution in [0.15, 0.2) is 23.8 Å². The van der Waals surface area contributed by atoms with Gasteiger partial charge in [0.15, 0.2) is 0 Å². The highest BCUT2D eigenvalue weighted by Gasteiger charge is 2.19. The van der Waals surface area contributed by atoms with Gasteiger partial charge in [0.25, 0.3) is 0 Å². The van der Waals surface area contributed by atoms with E-state index in [0.29, 0.717) is 13.2 Å². The fourth-order valence-corrected chi connectivity index (χ4v) is 1.20. The Morgan fingerprint density at radius 2 is 2.07 bits per heavy atom. The van der Waals surface area contributed by atoms with Crippen molar-refractivity contribution in [2.75, 3.05) is 19.8 Å². The van der Waals surface area contributed by atoms with Crippen molar-refractivity contribution < 1.29 is 9.84 Å². The third-order valence-electron chi connectivity index (χ3n) is 2.92. The summed E-state index contributed by atoms with van der Waals surface area (Å²) in [5.74, 6) is 0. The van der Waals surface area contributed by atoms with E-state index in [1.54, 1.807) is 0 Å². The number of aliphatic hydroxyl groups is 1. The second-order valence-corrected chi connectivity index (χ2v) is 4.40. The molecule has 0 amide bonds. The average Bonchev–Trinajstić information content (AvgIpc) is 2.23. The minimum absolute atomic E-state index is 0.0777. The van der Waals surface area contributed by atoms with Crippen LogP contribution in [0.3, 0.4) is 0 Å². The maximum Gasteiger partial charge on any atom is 0.0701 e. The van der Waals surface area contributed by atoms with E-state index in [1.807, 2.05) is 6.08 Å². The molecule has 0 aromatic carbocycles. The third-order valence-corrected chi connectivity index (χ3v) is 2.92. The van der Waals surface area contributed by atoms with Crippen molar-refractivity contribution in [1.82, 2.24) is 0 Å². The molecule has 0 atom stereocenters. The average molecular weight is 212 g/mol. The molecule has 15 heavy (non-hydrogen) atoms. The number of rotatable bonds is 7. The first-order valence-corrected chi connectivity index (χ1v) is 5.50. The minimum Gasteiger partial charge on any atom is -0.394 e. The summed E-state index contributed by atoms with van der Waals surface area (Å²) in [5.41, 5.74) is 2.50. The lowest BCUT2D eigenvalue weighted by molar-refractivity contribution is 0.111. The quantitative estimate of drug-likeness (QED) is 0.519. The van der Waals surface area contributed by atoms with E-state index in [-0.39, 0.29) is 12.0 Å². The molecule has 0 saturated heterocycles. The SMILES string of the molecule is C=C(/C(C)=C\COCCO)C(C)(C)CC. The van der Waals surface area contributed by atoms with Crippen LogP contribution in [-0.4, -0.2) is 24.9 Å². The van der Waals surface area contributed by atoms with Gasteiger partial charge in [-0.2, -0.15) is 0 Å². The van der Waals surface area contributed by atoms with Gasteiger partial charge in [0.1, 0.15) is 0 Å². The molecule has 0 rings (SSSR count). The van der Waals surface area contributed by atoms with Crippen LogP contribution >= 0.6 is 0 Å². The van der Waals surface area contributed by atoms with Crippen LogP contribution in [0.25, 0.3) is 0 Å². The van der Waals surface area contributed by atoms with Crippen LogP contribution in [0, 0.1) is 5.41 Å². The number of hydrogen-bond donors (Lipinski definition) is 1. The zero-order chi connectivity index (χ0) is 11.9. The van der Waals surface area contributed by atoms with Crippen LogP contribution in [0.1, 0.15) is 34.1 Å². The van der Waals surface area contributed by atoms with Crippen LogP contribution < -0.4 is 0 Å². The predicted molar refractivity (Wildman–Crippen MR) is 64.9 cm³/mol. The number of ether oxygens (including phenoxy) is 1. The molecule has 0 saturated carbocycles. The van der Waals surface area contributed by atoms with Gasteiger partial charge in [-0.05, 0) is 29.9 Å². The molecule has 0 aliphatic rings. The first-order valence-electron chi connectivity index (χ1n) is 5.50. The Balaban J connectivity index is 4.19. The van der Waals surface area contributed by atoms with E-state index >= 15 is 0 Å². The minimum atomic E-state index is 0.0777. The van der Waals surface area contributed by atoms with Gasteiger partial charge < -0.3 is 9.84 Å². The molecule has 2 heteroatoms. The summed E-state index contributed by atoms with van der Waals surface area (Å²) in [6.45, 7) is 13.8. The summed E-state index contributed by atoms with van der Waals surface area (Å²) in [7, 11) is 0. The second-order valence-electron chi connectivity index (χ2n) is 4.40. The molecule has 0 bridgehead atoms. The van der Waals surface area contributed by atoms with Crippen LogP contribution in [0.2, 0.25) is 0 Å². The topological polar surface area (TPSA) is 29.5 Å². The van der Waals surface area contributed by atoms with Crippen molar-refractivity contribution in [2.45, 2.75) is 34.1 Å². The Morgan fingerprint density at radius 1 is 1.47 bits per heavy atom. The van der Waals surface area contributed by atoms with E-state index in [2.05, 4.69) is 34.3 Å². The Labute approximate surface area is 93.6 Å². The molecule has 2 nitrogen and oxygen atoms in total. The zero-order valence-corrected chi connectivity index (χ0v) is 10.5. The molecule has 0 unspecified atom stereocenters. The van der Waals surface area contributed by atoms with Gasteiger partial charge in [0, 0.05) is 0 Å². The van der Waals surface area contributed by atoms with E-state index in [9.17, 15) is 0 Å². The number of aliphatic hydroxyl groups excluding tert-OH is 1. The van der Waals surface area contributed by atoms with Gasteiger partial charge in [-0.25, -0.2) is 0 Å². The van der Waals surface area contributed by atoms with Crippen molar-refractivity contribution in [2.24, 2.45) is 5.41 Å². The molecule has 0 heterocycles. The first kappa shape index (κ1) is 14.4. The number of allylic oxidation sites excluding steroid dienone is 2. The normalized spacial score (nSPS) is 13.0. The van der Waals surface area contributed by atoms with Crippen molar-refractivity contribution in [3.05, 3.63) is 23.8 Å². The van der Waals surface area contributed by atoms with Crippen LogP contribution in [0.5, 0.6) is 0 Å². The van der Waals surface area contributed by atoms with E-state index < -0.39 is 0 Å². The molecular formula is C13H24O2. The largest absolute Gasteiger partial charge is 0.394 e. The Morgan fingerprint density at radius 3 is 2.53 bits per heavy atom. The molecule has 0 aliphatic carbocycles. The maximum atomic E-state index is 8.54. The van der Waals surface area contributed by atoms with Gasteiger partial charge in [0.2, 0.25) is 0 Å². The summed E-state index contributed by atoms with van der Waals surface area (Å²) < 4.78 is 5.18. The molecule has 1 N–H and O–H groups in total. The van der Waals surface area contributed by atoms with Crippen molar-refractivity contribution in [1.29, 1.82) is 0 Å². The van der Waals surface area contributed by atoms with Crippen molar-refractivity contribution in [3.63, 3.8) is 0 Å². The van der Waals surface area contributed by atoms with Gasteiger partial charge in [-0.15, -0.1) is 0 Å². The molecule has 0 aliphatic heterocycles. The lowest BCUT2D eigenvalue weighted by atomic mass is 9.79. The highest BCUT2D eigenvalue weighted by molar-refractivity contribution is 5.31. The molecular weight excluding hydrogens is 188 g/mol. The fraction of sp³-hybridized carbons (Fsp3) is 0.692. The Bertz CT molecular complexity index is 227. The third kappa shape index (κ3) is 5.14. The molecule has 0 spiro atoms. The molecule has 0 radical (unpaired) electrons. The van der Waals surface area contributed by atoms with Crippen molar-refractivity contribution >= 4 is 0 Å². The van der Waals surface area contributed by atoms with E-state index in [4.69, 9.17) is 9.84 Å². The maximum absolute atomic E-state index is 8.54. The Kier molecular flexibility index (Phi) is 6.53. The van der Waals surface area contributed by atoms with E-state index in [1.165, 1.54) is 5.57 Å². The van der Waals surface area contributed by atoms with Gasteiger partial charge in [0.05, 0.1) is 19.8 Å². The summed E-state index contributed by atoms with van der Waals surface area (Å²) in [4.78, 5) is 0. The molecule has 0 fully saturated rings. The zero-order valence-electron chi connectivity index (χ0n) is 10.5. The summed E-state index contributed by atoms with van der Waals surface area (Å²) >= 11 is 0. The smallest absolute Gasteiger partial charge is 0.0701 e. The lowest BCUT2D eigenvalue weighted by Gasteiger charge is -2.26. The predicted octanol–water partition coefficient (Wildman–Crippen LogP) is 2.93. The summed E-state index contributed by atoms with van der Waals surface area (Å²) in [6.07, 6.45) is 3.10. The Hall–Kier alpha value is -0.600. The summed E-state index contributed by atoms with van der Waals surface area (Å²) in [5, 5.41) is 8.54. The van der Waals surface area contributed by atoms with Crippen molar-refractivity contribution in [3.8, 4) is 0 Å². The van der Waals surface area contributed by atoms with E-state index in [0.717, 1.165) is 12.0 Å².